The van der Waals surface area contributed by atoms with E-state index < -0.39 is 13.9 Å². The first-order valence-corrected chi connectivity index (χ1v) is 15.8. The number of unbranched alkanes of at least 4 members (excludes halogenated alkanes) is 13. The molecule has 10 heteroatoms. The van der Waals surface area contributed by atoms with Crippen molar-refractivity contribution in [3.63, 3.8) is 0 Å². The van der Waals surface area contributed by atoms with E-state index in [-0.39, 0.29) is 25.7 Å². The highest BCUT2D eigenvalue weighted by molar-refractivity contribution is 7.47. The van der Waals surface area contributed by atoms with Gasteiger partial charge in [-0.1, -0.05) is 90.4 Å². The van der Waals surface area contributed by atoms with Gasteiger partial charge >= 0.3 is 7.82 Å². The van der Waals surface area contributed by atoms with Gasteiger partial charge in [0.05, 0.1) is 34.4 Å². The summed E-state index contributed by atoms with van der Waals surface area (Å²) in [4.78, 5) is 9.97. The van der Waals surface area contributed by atoms with Crippen LogP contribution < -0.4 is 4.74 Å². The van der Waals surface area contributed by atoms with Gasteiger partial charge in [0, 0.05) is 12.7 Å². The first-order chi connectivity index (χ1) is 17.7. The summed E-state index contributed by atoms with van der Waals surface area (Å²) in [5.74, 6) is 0.271. The molecule has 0 bridgehead atoms. The minimum Gasteiger partial charge on any atom is -0.467 e. The fraction of sp³-hybridized carbons (Fsp3) is 0.889. The third kappa shape index (κ3) is 21.6. The second-order valence-corrected chi connectivity index (χ2v) is 12.3. The van der Waals surface area contributed by atoms with Crippen molar-refractivity contribution >= 4 is 7.82 Å². The number of aromatic nitrogens is 1. The van der Waals surface area contributed by atoms with Gasteiger partial charge in [-0.2, -0.15) is 0 Å². The number of quaternary nitrogens is 1. The molecular formula is C27H54N2O7P+. The van der Waals surface area contributed by atoms with Crippen LogP contribution in [0, 0.1) is 0 Å². The van der Waals surface area contributed by atoms with Gasteiger partial charge in [-0.25, -0.2) is 4.57 Å². The van der Waals surface area contributed by atoms with Crippen LogP contribution in [0.2, 0.25) is 0 Å². The summed E-state index contributed by atoms with van der Waals surface area (Å²) >= 11 is 0. The third-order valence-corrected chi connectivity index (χ3v) is 7.07. The van der Waals surface area contributed by atoms with Crippen LogP contribution >= 0.6 is 7.82 Å². The molecular weight excluding hydrogens is 495 g/mol. The molecule has 0 aliphatic carbocycles. The average molecular weight is 550 g/mol. The Morgan fingerprint density at radius 2 is 1.43 bits per heavy atom. The number of phosphoric acid groups is 1. The highest BCUT2D eigenvalue weighted by atomic mass is 31.2. The number of ether oxygens (including phenoxy) is 2. The predicted octanol–water partition coefficient (Wildman–Crippen LogP) is 6.76. The smallest absolute Gasteiger partial charge is 0.467 e. The molecule has 37 heavy (non-hydrogen) atoms. The molecule has 0 spiro atoms. The lowest BCUT2D eigenvalue weighted by Crippen LogP contribution is -2.37. The number of hydrogen-bond acceptors (Lipinski definition) is 7. The first kappa shape index (κ1) is 34.1. The third-order valence-electron chi connectivity index (χ3n) is 6.09. The van der Waals surface area contributed by atoms with Crippen molar-refractivity contribution in [1.29, 1.82) is 0 Å². The minimum atomic E-state index is -4.19. The molecule has 0 aliphatic rings. The second kappa shape index (κ2) is 20.9. The maximum absolute atomic E-state index is 12.2. The standard InChI is InChI=1S/C27H53N2O7P/c1-5-6-7-8-9-10-11-12-13-14-15-16-17-18-21-32-24-26(36-27-19-22-33-28-27)25-35-37(30,31)34-23-20-29(2,3)4/h19,22,26H,5-18,20-21,23-25H2,1-4H3/p+1/t26-/m1/s1. The largest absolute Gasteiger partial charge is 0.472 e. The summed E-state index contributed by atoms with van der Waals surface area (Å²) in [6, 6.07) is 1.57. The Labute approximate surface area is 225 Å². The number of hydrogen-bond donors (Lipinski definition) is 1. The molecule has 1 unspecified atom stereocenters. The van der Waals surface area contributed by atoms with Crippen molar-refractivity contribution in [3.05, 3.63) is 12.3 Å². The fourth-order valence-electron chi connectivity index (χ4n) is 3.81. The van der Waals surface area contributed by atoms with Crippen molar-refractivity contribution in [2.45, 2.75) is 103 Å². The molecule has 0 aliphatic heterocycles. The van der Waals surface area contributed by atoms with Crippen LogP contribution in [-0.2, 0) is 18.3 Å². The van der Waals surface area contributed by atoms with Crippen molar-refractivity contribution < 1.29 is 37.0 Å². The van der Waals surface area contributed by atoms with Crippen LogP contribution in [0.4, 0.5) is 0 Å². The van der Waals surface area contributed by atoms with Crippen LogP contribution in [0.5, 0.6) is 5.88 Å². The monoisotopic (exact) mass is 549 g/mol. The van der Waals surface area contributed by atoms with Crippen molar-refractivity contribution in [1.82, 2.24) is 5.16 Å². The molecule has 1 N–H and O–H groups in total. The lowest BCUT2D eigenvalue weighted by atomic mass is 10.0. The minimum absolute atomic E-state index is 0.113. The number of nitrogens with zero attached hydrogens (tertiary/aromatic N) is 2. The van der Waals surface area contributed by atoms with E-state index in [0.29, 0.717) is 17.6 Å². The summed E-state index contributed by atoms with van der Waals surface area (Å²) in [6.07, 6.45) is 19.1. The summed E-state index contributed by atoms with van der Waals surface area (Å²) < 4.78 is 39.3. The number of rotatable bonds is 26. The maximum atomic E-state index is 12.2. The van der Waals surface area contributed by atoms with Crippen LogP contribution in [0.1, 0.15) is 96.8 Å². The van der Waals surface area contributed by atoms with E-state index in [0.717, 1.165) is 12.8 Å². The van der Waals surface area contributed by atoms with Crippen LogP contribution in [0.3, 0.4) is 0 Å². The highest BCUT2D eigenvalue weighted by Gasteiger charge is 2.25. The number of likely N-dealkylation sites (N-methyl/N-ethyl adjacent to an activating group) is 1. The quantitative estimate of drug-likeness (QED) is 0.0769. The first-order valence-electron chi connectivity index (χ1n) is 14.3. The van der Waals surface area contributed by atoms with E-state index >= 15 is 0 Å². The molecule has 9 nitrogen and oxygen atoms in total. The maximum Gasteiger partial charge on any atom is 0.472 e. The van der Waals surface area contributed by atoms with E-state index in [1.54, 1.807) is 6.07 Å². The molecule has 1 aromatic rings. The second-order valence-electron chi connectivity index (χ2n) is 10.9. The molecule has 0 amide bonds. The Kier molecular flexibility index (Phi) is 19.3. The molecule has 0 saturated heterocycles. The zero-order valence-electron chi connectivity index (χ0n) is 23.9. The Balaban J connectivity index is 2.12. The van der Waals surface area contributed by atoms with Gasteiger partial charge in [0.2, 0.25) is 0 Å². The van der Waals surface area contributed by atoms with E-state index in [9.17, 15) is 9.46 Å². The topological polar surface area (TPSA) is 100 Å². The molecule has 1 aromatic heterocycles. The molecule has 0 saturated carbocycles. The number of phosphoric ester groups is 1. The molecule has 1 rings (SSSR count). The van der Waals surface area contributed by atoms with Gasteiger partial charge in [-0.3, -0.25) is 9.05 Å². The van der Waals surface area contributed by atoms with Gasteiger partial charge in [-0.15, -0.1) is 0 Å². The predicted molar refractivity (Wildman–Crippen MR) is 147 cm³/mol. The Bertz CT molecular complexity index is 683. The summed E-state index contributed by atoms with van der Waals surface area (Å²) in [7, 11) is 1.74. The molecule has 0 aromatic carbocycles. The normalized spacial score (nSPS) is 14.5. The van der Waals surface area contributed by atoms with Crippen LogP contribution in [-0.4, -0.2) is 74.8 Å². The zero-order chi connectivity index (χ0) is 27.2. The Morgan fingerprint density at radius 3 is 1.95 bits per heavy atom. The molecule has 218 valence electrons. The van der Waals surface area contributed by atoms with Gasteiger partial charge in [0.15, 0.2) is 0 Å². The van der Waals surface area contributed by atoms with E-state index in [1.807, 2.05) is 21.1 Å². The molecule has 0 fully saturated rings. The molecule has 1 heterocycles. The lowest BCUT2D eigenvalue weighted by Gasteiger charge is -2.24. The van der Waals surface area contributed by atoms with Crippen molar-refractivity contribution in [2.75, 3.05) is 54.1 Å². The summed E-state index contributed by atoms with van der Waals surface area (Å²) in [5.41, 5.74) is 0. The van der Waals surface area contributed by atoms with Gasteiger partial charge in [-0.05, 0) is 11.6 Å². The molecule has 2 atom stereocenters. The van der Waals surface area contributed by atoms with E-state index in [1.165, 1.54) is 83.3 Å². The van der Waals surface area contributed by atoms with Crippen molar-refractivity contribution in [2.24, 2.45) is 0 Å². The van der Waals surface area contributed by atoms with Crippen LogP contribution in [0.25, 0.3) is 0 Å². The lowest BCUT2D eigenvalue weighted by molar-refractivity contribution is -0.870. The summed E-state index contributed by atoms with van der Waals surface area (Å²) in [5, 5.41) is 3.73. The van der Waals surface area contributed by atoms with Crippen molar-refractivity contribution in [3.8, 4) is 5.88 Å². The van der Waals surface area contributed by atoms with E-state index in [2.05, 4.69) is 12.1 Å². The van der Waals surface area contributed by atoms with Gasteiger partial charge in [0.1, 0.15) is 25.5 Å². The van der Waals surface area contributed by atoms with E-state index in [4.69, 9.17) is 23.0 Å². The highest BCUT2D eigenvalue weighted by Crippen LogP contribution is 2.43. The zero-order valence-corrected chi connectivity index (χ0v) is 24.8. The van der Waals surface area contributed by atoms with Gasteiger partial charge < -0.3 is 23.4 Å². The molecule has 0 radical (unpaired) electrons. The van der Waals surface area contributed by atoms with Crippen LogP contribution in [0.15, 0.2) is 16.9 Å². The average Bonchev–Trinajstić information content (AvgIpc) is 3.34. The summed E-state index contributed by atoms with van der Waals surface area (Å²) in [6.45, 7) is 3.61. The van der Waals surface area contributed by atoms with Gasteiger partial charge in [0.25, 0.3) is 5.88 Å². The Hall–Kier alpha value is -0.960. The Morgan fingerprint density at radius 1 is 0.865 bits per heavy atom. The fourth-order valence-corrected chi connectivity index (χ4v) is 4.55. The SMILES string of the molecule is CCCCCCCCCCCCCCCCOC[C@H](COP(=O)(O)OCC[N+](C)(C)C)Oc1ccon1.